The van der Waals surface area contributed by atoms with Gasteiger partial charge in [-0.1, -0.05) is 63.2 Å². The summed E-state index contributed by atoms with van der Waals surface area (Å²) in [5.74, 6) is 0. The van der Waals surface area contributed by atoms with Gasteiger partial charge in [0.15, 0.2) is 0 Å². The molecule has 0 atom stereocenters. The van der Waals surface area contributed by atoms with E-state index in [2.05, 4.69) is 0 Å². The quantitative estimate of drug-likeness (QED) is 0.383. The van der Waals surface area contributed by atoms with E-state index in [4.69, 9.17) is 24.1 Å². The van der Waals surface area contributed by atoms with Gasteiger partial charge in [0.1, 0.15) is 0 Å². The van der Waals surface area contributed by atoms with Crippen molar-refractivity contribution in [3.63, 3.8) is 0 Å². The Bertz CT molecular complexity index is 237. The van der Waals surface area contributed by atoms with Crippen molar-refractivity contribution >= 4 is 29.3 Å². The van der Waals surface area contributed by atoms with E-state index in [0.717, 1.165) is 11.3 Å². The predicted molar refractivity (Wildman–Crippen MR) is 86.3 cm³/mol. The van der Waals surface area contributed by atoms with Gasteiger partial charge in [-0.05, 0) is 37.0 Å². The molecule has 0 spiro atoms. The topological polar surface area (TPSA) is 0 Å². The van der Waals surface area contributed by atoms with Crippen LogP contribution in [0.1, 0.15) is 77.0 Å². The first-order valence-electron chi connectivity index (χ1n) is 7.53. The summed E-state index contributed by atoms with van der Waals surface area (Å²) in [5.41, 5.74) is 1.62. The van der Waals surface area contributed by atoms with E-state index >= 15 is 0 Å². The van der Waals surface area contributed by atoms with Crippen LogP contribution in [0, 0.1) is 0 Å². The smallest absolute Gasteiger partial charge is 0.00931 e. The zero-order chi connectivity index (χ0) is 12.1. The molecule has 0 aromatic rings. The second-order valence-electron chi connectivity index (χ2n) is 5.96. The van der Waals surface area contributed by atoms with Gasteiger partial charge in [0.05, 0.1) is 0 Å². The van der Waals surface area contributed by atoms with Crippen molar-refractivity contribution < 1.29 is 0 Å². The van der Waals surface area contributed by atoms with Crippen molar-refractivity contribution in [3.05, 3.63) is 0 Å². The monoisotopic (exact) mass is 290 g/mol. The normalized spacial score (nSPS) is 26.4. The molecule has 17 heavy (non-hydrogen) atoms. The highest BCUT2D eigenvalue weighted by Gasteiger charge is 2.33. The maximum atomic E-state index is 6.08. The highest BCUT2D eigenvalue weighted by atomic mass is 32.9. The molecule has 0 aliphatic heterocycles. The van der Waals surface area contributed by atoms with Crippen LogP contribution in [0.3, 0.4) is 0 Å². The third kappa shape index (κ3) is 3.98. The SMILES string of the molecule is S=P(S)(C1CCCCCC1)C1CCCCCC1. The zero-order valence-corrected chi connectivity index (χ0v) is 13.5. The Morgan fingerprint density at radius 2 is 0.941 bits per heavy atom. The Hall–Kier alpha value is 1.00. The van der Waals surface area contributed by atoms with Gasteiger partial charge in [-0.15, -0.1) is 12.2 Å². The lowest BCUT2D eigenvalue weighted by Gasteiger charge is -2.33. The Labute approximate surface area is 117 Å². The van der Waals surface area contributed by atoms with E-state index in [0.29, 0.717) is 0 Å². The molecule has 0 nitrogen and oxygen atoms in total. The highest BCUT2D eigenvalue weighted by molar-refractivity contribution is 8.63. The highest BCUT2D eigenvalue weighted by Crippen LogP contribution is 2.65. The number of hydrogen-bond donors (Lipinski definition) is 1. The summed E-state index contributed by atoms with van der Waals surface area (Å²) in [6.45, 7) is 0. The molecule has 2 aliphatic rings. The van der Waals surface area contributed by atoms with E-state index in [-0.39, 0.29) is 0 Å². The molecule has 0 heterocycles. The predicted octanol–water partition coefficient (Wildman–Crippen LogP) is 5.76. The fraction of sp³-hybridized carbons (Fsp3) is 1.00. The van der Waals surface area contributed by atoms with Crippen molar-refractivity contribution in [2.24, 2.45) is 0 Å². The van der Waals surface area contributed by atoms with Crippen molar-refractivity contribution in [2.45, 2.75) is 88.4 Å². The van der Waals surface area contributed by atoms with Crippen LogP contribution in [0.15, 0.2) is 0 Å². The summed E-state index contributed by atoms with van der Waals surface area (Å²) in [5, 5.41) is -1.37. The number of hydrogen-bond acceptors (Lipinski definition) is 1. The van der Waals surface area contributed by atoms with Crippen molar-refractivity contribution in [2.75, 3.05) is 0 Å². The summed E-state index contributed by atoms with van der Waals surface area (Å²) in [6.07, 6.45) is 16.9. The molecular weight excluding hydrogens is 263 g/mol. The Balaban J connectivity index is 2.01. The zero-order valence-electron chi connectivity index (χ0n) is 10.9. The van der Waals surface area contributed by atoms with Crippen LogP contribution in [-0.2, 0) is 11.8 Å². The molecule has 2 aliphatic carbocycles. The Kier molecular flexibility index (Phi) is 5.90. The van der Waals surface area contributed by atoms with Gasteiger partial charge in [0.2, 0.25) is 0 Å². The fourth-order valence-corrected chi connectivity index (χ4v) is 9.01. The van der Waals surface area contributed by atoms with Crippen molar-refractivity contribution in [1.29, 1.82) is 0 Å². The first-order chi connectivity index (χ1) is 8.21. The lowest BCUT2D eigenvalue weighted by Crippen LogP contribution is -2.15. The third-order valence-electron chi connectivity index (χ3n) is 4.70. The van der Waals surface area contributed by atoms with Crippen LogP contribution in [0.25, 0.3) is 0 Å². The van der Waals surface area contributed by atoms with Crippen molar-refractivity contribution in [1.82, 2.24) is 0 Å². The maximum absolute atomic E-state index is 6.08. The molecule has 0 saturated heterocycles. The molecule has 0 N–H and O–H groups in total. The molecule has 0 unspecified atom stereocenters. The molecular formula is C14H27PS2. The summed E-state index contributed by atoms with van der Waals surface area (Å²) in [4.78, 5) is 0. The van der Waals surface area contributed by atoms with E-state index in [1.54, 1.807) is 0 Å². The second kappa shape index (κ2) is 6.96. The largest absolute Gasteiger partial charge is 0.140 e. The molecule has 2 rings (SSSR count). The minimum absolute atomic E-state index is 0.812. The second-order valence-corrected chi connectivity index (χ2v) is 13.4. The molecule has 100 valence electrons. The fourth-order valence-electron chi connectivity index (χ4n) is 3.55. The summed E-state index contributed by atoms with van der Waals surface area (Å²) < 4.78 is 0. The van der Waals surface area contributed by atoms with Crippen LogP contribution in [0.5, 0.6) is 0 Å². The van der Waals surface area contributed by atoms with Gasteiger partial charge in [-0.2, -0.15) is 0 Å². The lowest BCUT2D eigenvalue weighted by molar-refractivity contribution is 0.671. The van der Waals surface area contributed by atoms with E-state index in [9.17, 15) is 0 Å². The van der Waals surface area contributed by atoms with Crippen LogP contribution >= 0.6 is 17.5 Å². The number of rotatable bonds is 2. The van der Waals surface area contributed by atoms with Gasteiger partial charge < -0.3 is 0 Å². The summed E-state index contributed by atoms with van der Waals surface area (Å²) >= 11 is 11.2. The third-order valence-corrected chi connectivity index (χ3v) is 11.6. The minimum atomic E-state index is -1.37. The van der Waals surface area contributed by atoms with Crippen LogP contribution in [-0.4, -0.2) is 11.3 Å². The van der Waals surface area contributed by atoms with Gasteiger partial charge in [-0.3, -0.25) is 0 Å². The van der Waals surface area contributed by atoms with E-state index in [1.807, 2.05) is 0 Å². The molecule has 0 radical (unpaired) electrons. The van der Waals surface area contributed by atoms with Gasteiger partial charge >= 0.3 is 0 Å². The molecule has 2 fully saturated rings. The Morgan fingerprint density at radius 1 is 0.647 bits per heavy atom. The van der Waals surface area contributed by atoms with Crippen LogP contribution in [0.4, 0.5) is 0 Å². The summed E-state index contributed by atoms with van der Waals surface area (Å²) in [6, 6.07) is 0. The van der Waals surface area contributed by atoms with Gasteiger partial charge in [0.25, 0.3) is 0 Å². The average Bonchev–Trinajstić information content (AvgIpc) is 2.74. The minimum Gasteiger partial charge on any atom is -0.140 e. The molecule has 0 aromatic carbocycles. The van der Waals surface area contributed by atoms with Gasteiger partial charge in [0, 0.05) is 5.24 Å². The molecule has 2 saturated carbocycles. The molecule has 0 aromatic heterocycles. The van der Waals surface area contributed by atoms with Crippen molar-refractivity contribution in [3.8, 4) is 0 Å². The number of thiol groups is 1. The first-order valence-corrected chi connectivity index (χ1v) is 11.6. The standard InChI is InChI=1S/C14H27PS2/c16-15(17,13-9-5-1-2-6-10-13)14-11-7-3-4-8-12-14/h13-14H,1-12H2,(H,16,17). The molecule has 3 heteroatoms. The van der Waals surface area contributed by atoms with E-state index in [1.165, 1.54) is 77.0 Å². The van der Waals surface area contributed by atoms with Crippen LogP contribution < -0.4 is 0 Å². The molecule has 0 amide bonds. The van der Waals surface area contributed by atoms with Gasteiger partial charge in [-0.25, -0.2) is 0 Å². The lowest BCUT2D eigenvalue weighted by atomic mass is 10.2. The maximum Gasteiger partial charge on any atom is 0.00931 e. The van der Waals surface area contributed by atoms with E-state index < -0.39 is 5.24 Å². The molecule has 0 bridgehead atoms. The Morgan fingerprint density at radius 3 is 1.24 bits per heavy atom. The summed E-state index contributed by atoms with van der Waals surface area (Å²) in [7, 11) is 0. The van der Waals surface area contributed by atoms with Crippen LogP contribution in [0.2, 0.25) is 0 Å². The first kappa shape index (κ1) is 14.4. The average molecular weight is 290 g/mol.